The monoisotopic (exact) mass is 650 g/mol. The van der Waals surface area contributed by atoms with Crippen molar-refractivity contribution >= 4 is 43.4 Å². The summed E-state index contributed by atoms with van der Waals surface area (Å²) in [6.07, 6.45) is 0. The van der Waals surface area contributed by atoms with Gasteiger partial charge in [-0.2, -0.15) is 0 Å². The molecular formula is C47H30N4. The molecule has 4 heteroatoms. The van der Waals surface area contributed by atoms with Crippen molar-refractivity contribution in [3.8, 4) is 51.0 Å². The third-order valence-corrected chi connectivity index (χ3v) is 9.85. The molecule has 4 nitrogen and oxygen atoms in total. The highest BCUT2D eigenvalue weighted by Crippen LogP contribution is 2.36. The zero-order valence-electron chi connectivity index (χ0n) is 27.6. The summed E-state index contributed by atoms with van der Waals surface area (Å²) in [6.45, 7) is 0. The number of hydrogen-bond donors (Lipinski definition) is 0. The fourth-order valence-corrected chi connectivity index (χ4v) is 7.43. The van der Waals surface area contributed by atoms with Crippen LogP contribution in [0.1, 0.15) is 0 Å². The predicted octanol–water partition coefficient (Wildman–Crippen LogP) is 11.9. The molecule has 0 N–H and O–H groups in total. The Morgan fingerprint density at radius 2 is 0.784 bits per heavy atom. The van der Waals surface area contributed by atoms with Gasteiger partial charge < -0.3 is 4.57 Å². The van der Waals surface area contributed by atoms with Crippen LogP contribution in [0.2, 0.25) is 0 Å². The maximum absolute atomic E-state index is 5.09. The molecule has 0 aliphatic rings. The Bertz CT molecular complexity index is 2850. The molecule has 238 valence electrons. The van der Waals surface area contributed by atoms with Gasteiger partial charge in [0.1, 0.15) is 0 Å². The Morgan fingerprint density at radius 3 is 1.45 bits per heavy atom. The average molecular weight is 651 g/mol. The number of hydrogen-bond acceptors (Lipinski definition) is 3. The Kier molecular flexibility index (Phi) is 6.78. The van der Waals surface area contributed by atoms with E-state index in [1.54, 1.807) is 0 Å². The number of rotatable bonds is 5. The van der Waals surface area contributed by atoms with Crippen LogP contribution in [0.5, 0.6) is 0 Å². The Hall–Kier alpha value is -6.91. The second-order valence-electron chi connectivity index (χ2n) is 12.9. The summed E-state index contributed by atoms with van der Waals surface area (Å²) in [5, 5.41) is 7.29. The zero-order chi connectivity index (χ0) is 33.7. The molecule has 0 spiro atoms. The zero-order valence-corrected chi connectivity index (χ0v) is 27.6. The minimum absolute atomic E-state index is 0.636. The van der Waals surface area contributed by atoms with Crippen LogP contribution in [0.3, 0.4) is 0 Å². The maximum Gasteiger partial charge on any atom is 0.164 e. The largest absolute Gasteiger partial charge is 0.309 e. The van der Waals surface area contributed by atoms with Crippen molar-refractivity contribution in [3.63, 3.8) is 0 Å². The number of benzene rings is 8. The first-order valence-electron chi connectivity index (χ1n) is 17.2. The maximum atomic E-state index is 5.09. The van der Waals surface area contributed by atoms with E-state index in [9.17, 15) is 0 Å². The van der Waals surface area contributed by atoms with E-state index < -0.39 is 0 Å². The van der Waals surface area contributed by atoms with Crippen LogP contribution in [-0.4, -0.2) is 19.5 Å². The summed E-state index contributed by atoms with van der Waals surface area (Å²) >= 11 is 0. The third kappa shape index (κ3) is 4.96. The van der Waals surface area contributed by atoms with Gasteiger partial charge in [0.2, 0.25) is 0 Å². The van der Waals surface area contributed by atoms with E-state index >= 15 is 0 Å². The summed E-state index contributed by atoms with van der Waals surface area (Å²) in [4.78, 5) is 15.1. The minimum Gasteiger partial charge on any atom is -0.309 e. The molecule has 0 amide bonds. The van der Waals surface area contributed by atoms with Crippen molar-refractivity contribution in [3.05, 3.63) is 182 Å². The van der Waals surface area contributed by atoms with Gasteiger partial charge in [0.25, 0.3) is 0 Å². The molecular weight excluding hydrogens is 621 g/mol. The lowest BCUT2D eigenvalue weighted by Gasteiger charge is -2.12. The van der Waals surface area contributed by atoms with Gasteiger partial charge in [0.05, 0.1) is 11.0 Å². The molecule has 0 radical (unpaired) electrons. The normalized spacial score (nSPS) is 11.5. The van der Waals surface area contributed by atoms with Crippen LogP contribution in [0, 0.1) is 0 Å². The summed E-state index contributed by atoms with van der Waals surface area (Å²) in [5.41, 5.74) is 8.71. The molecule has 0 saturated carbocycles. The van der Waals surface area contributed by atoms with Gasteiger partial charge in [-0.15, -0.1) is 0 Å². The highest BCUT2D eigenvalue weighted by molar-refractivity contribution is 6.09. The molecule has 51 heavy (non-hydrogen) atoms. The lowest BCUT2D eigenvalue weighted by Crippen LogP contribution is -2.00. The molecule has 2 aromatic heterocycles. The molecule has 8 aromatic carbocycles. The number of para-hydroxylation sites is 2. The first-order valence-corrected chi connectivity index (χ1v) is 17.2. The second-order valence-corrected chi connectivity index (χ2v) is 12.9. The minimum atomic E-state index is 0.636. The first kappa shape index (κ1) is 29.0. The van der Waals surface area contributed by atoms with Gasteiger partial charge >= 0.3 is 0 Å². The molecule has 0 unspecified atom stereocenters. The number of fused-ring (bicyclic) bond motifs is 5. The van der Waals surface area contributed by atoms with E-state index in [0.717, 1.165) is 27.8 Å². The van der Waals surface area contributed by atoms with E-state index in [1.807, 2.05) is 30.3 Å². The highest BCUT2D eigenvalue weighted by Gasteiger charge is 2.16. The first-order chi connectivity index (χ1) is 25.3. The molecule has 0 aliphatic carbocycles. The molecule has 10 rings (SSSR count). The Balaban J connectivity index is 1.09. The van der Waals surface area contributed by atoms with E-state index in [-0.39, 0.29) is 0 Å². The fourth-order valence-electron chi connectivity index (χ4n) is 7.43. The second kappa shape index (κ2) is 11.9. The topological polar surface area (TPSA) is 43.6 Å². The van der Waals surface area contributed by atoms with Gasteiger partial charge in [-0.1, -0.05) is 140 Å². The van der Waals surface area contributed by atoms with Gasteiger partial charge in [-0.25, -0.2) is 15.0 Å². The number of nitrogens with zero attached hydrogens (tertiary/aromatic N) is 4. The summed E-state index contributed by atoms with van der Waals surface area (Å²) in [5.74, 6) is 1.92. The Morgan fingerprint density at radius 1 is 0.314 bits per heavy atom. The van der Waals surface area contributed by atoms with E-state index in [4.69, 9.17) is 15.0 Å². The van der Waals surface area contributed by atoms with E-state index in [0.29, 0.717) is 17.5 Å². The molecule has 0 saturated heterocycles. The molecule has 0 fully saturated rings. The van der Waals surface area contributed by atoms with Crippen molar-refractivity contribution in [1.82, 2.24) is 19.5 Å². The van der Waals surface area contributed by atoms with Crippen LogP contribution in [0.4, 0.5) is 0 Å². The molecule has 2 heterocycles. The van der Waals surface area contributed by atoms with Crippen LogP contribution in [0.25, 0.3) is 94.3 Å². The van der Waals surface area contributed by atoms with E-state index in [2.05, 4.69) is 156 Å². The number of aromatic nitrogens is 4. The van der Waals surface area contributed by atoms with E-state index in [1.165, 1.54) is 49.1 Å². The third-order valence-electron chi connectivity index (χ3n) is 9.85. The molecule has 10 aromatic rings. The standard InChI is InChI=1S/C47H30N4/c1-2-13-32(14-3-1)45-48-46(33-24-27-36(28-25-33)51-43-22-8-6-18-41(43)42-19-7-9-23-44(42)51)50-47(49-45)35-26-29-38-34(30-35)16-11-21-40(38)39-20-10-15-31-12-4-5-17-37(31)39/h1-30H. The van der Waals surface area contributed by atoms with Crippen LogP contribution in [0.15, 0.2) is 182 Å². The van der Waals surface area contributed by atoms with Gasteiger partial charge in [-0.3, -0.25) is 0 Å². The lowest BCUT2D eigenvalue weighted by atomic mass is 9.93. The SMILES string of the molecule is c1ccc(-c2nc(-c3ccc(-n4c5ccccc5c5ccccc54)cc3)nc(-c3ccc4c(-c5cccc6ccccc56)cccc4c3)n2)cc1. The quantitative estimate of drug-likeness (QED) is 0.186. The Labute approximate surface area is 295 Å². The van der Waals surface area contributed by atoms with Crippen LogP contribution >= 0.6 is 0 Å². The smallest absolute Gasteiger partial charge is 0.164 e. The average Bonchev–Trinajstić information content (AvgIpc) is 3.55. The molecule has 0 atom stereocenters. The van der Waals surface area contributed by atoms with Gasteiger partial charge in [0.15, 0.2) is 17.5 Å². The van der Waals surface area contributed by atoms with Crippen molar-refractivity contribution in [2.24, 2.45) is 0 Å². The summed E-state index contributed by atoms with van der Waals surface area (Å²) in [7, 11) is 0. The summed E-state index contributed by atoms with van der Waals surface area (Å²) < 4.78 is 2.32. The molecule has 0 aliphatic heterocycles. The highest BCUT2D eigenvalue weighted by atomic mass is 15.0. The van der Waals surface area contributed by atoms with Gasteiger partial charge in [0, 0.05) is 33.2 Å². The van der Waals surface area contributed by atoms with Crippen LogP contribution < -0.4 is 0 Å². The molecule has 0 bridgehead atoms. The predicted molar refractivity (Wildman–Crippen MR) is 211 cm³/mol. The van der Waals surface area contributed by atoms with Crippen molar-refractivity contribution in [1.29, 1.82) is 0 Å². The van der Waals surface area contributed by atoms with Gasteiger partial charge in [-0.05, 0) is 75.1 Å². The summed E-state index contributed by atoms with van der Waals surface area (Å²) in [6, 6.07) is 64.0. The van der Waals surface area contributed by atoms with Crippen molar-refractivity contribution in [2.45, 2.75) is 0 Å². The van der Waals surface area contributed by atoms with Crippen molar-refractivity contribution in [2.75, 3.05) is 0 Å². The fraction of sp³-hybridized carbons (Fsp3) is 0. The van der Waals surface area contributed by atoms with Crippen molar-refractivity contribution < 1.29 is 0 Å². The lowest BCUT2D eigenvalue weighted by molar-refractivity contribution is 1.07. The van der Waals surface area contributed by atoms with Crippen LogP contribution in [-0.2, 0) is 0 Å².